The Kier molecular flexibility index (Phi) is 8.18. The van der Waals surface area contributed by atoms with Crippen LogP contribution in [0.2, 0.25) is 0 Å². The van der Waals surface area contributed by atoms with E-state index < -0.39 is 12.2 Å². The lowest BCUT2D eigenvalue weighted by atomic mass is 10.0. The highest BCUT2D eigenvalue weighted by Gasteiger charge is 2.41. The number of nitrogens with one attached hydrogen (secondary N) is 1. The Hall–Kier alpha value is -1.84. The number of ether oxygens (including phenoxy) is 1. The second-order valence-electron chi connectivity index (χ2n) is 8.24. The van der Waals surface area contributed by atoms with E-state index >= 15 is 0 Å². The average molecular weight is 442 g/mol. The zero-order chi connectivity index (χ0) is 22.4. The summed E-state index contributed by atoms with van der Waals surface area (Å²) in [6.45, 7) is 8.93. The summed E-state index contributed by atoms with van der Waals surface area (Å²) in [6, 6.07) is 7.33. The molecule has 31 heavy (non-hydrogen) atoms. The number of benzene rings is 1. The van der Waals surface area contributed by atoms with Crippen LogP contribution < -0.4 is 5.32 Å². The lowest BCUT2D eigenvalue weighted by Crippen LogP contribution is -2.57. The van der Waals surface area contributed by atoms with Crippen molar-refractivity contribution in [1.82, 2.24) is 20.0 Å². The molecule has 0 aliphatic carbocycles. The molecule has 0 bridgehead atoms. The van der Waals surface area contributed by atoms with Gasteiger partial charge in [0.25, 0.3) is 0 Å². The normalized spacial score (nSPS) is 21.7. The van der Waals surface area contributed by atoms with E-state index in [-0.39, 0.29) is 6.04 Å². The van der Waals surface area contributed by atoms with Gasteiger partial charge in [0, 0.05) is 52.9 Å². The van der Waals surface area contributed by atoms with Crippen molar-refractivity contribution >= 4 is 5.96 Å². The number of aryl methyl sites for hydroxylation is 1. The van der Waals surface area contributed by atoms with Gasteiger partial charge < -0.3 is 15.0 Å². The quantitative estimate of drug-likeness (QED) is 0.562. The lowest BCUT2D eigenvalue weighted by Gasteiger charge is -2.40. The van der Waals surface area contributed by atoms with Crippen molar-refractivity contribution in [2.75, 3.05) is 66.1 Å². The molecule has 6 nitrogen and oxygen atoms in total. The predicted octanol–water partition coefficient (Wildman–Crippen LogP) is 2.51. The van der Waals surface area contributed by atoms with Gasteiger partial charge in [0.05, 0.1) is 19.3 Å². The molecule has 9 heteroatoms. The second-order valence-corrected chi connectivity index (χ2v) is 8.24. The van der Waals surface area contributed by atoms with Crippen molar-refractivity contribution in [3.63, 3.8) is 0 Å². The molecule has 2 atom stereocenters. The van der Waals surface area contributed by atoms with Crippen molar-refractivity contribution in [2.45, 2.75) is 32.1 Å². The van der Waals surface area contributed by atoms with E-state index in [2.05, 4.69) is 46.4 Å². The molecule has 2 fully saturated rings. The van der Waals surface area contributed by atoms with Crippen molar-refractivity contribution in [1.29, 1.82) is 0 Å². The topological polar surface area (TPSA) is 43.3 Å². The zero-order valence-corrected chi connectivity index (χ0v) is 18.7. The molecule has 0 radical (unpaired) electrons. The molecule has 1 aromatic rings. The van der Waals surface area contributed by atoms with Crippen molar-refractivity contribution in [3.05, 3.63) is 35.4 Å². The summed E-state index contributed by atoms with van der Waals surface area (Å²) in [5.74, 6) is 0.740. The standard InChI is InChI=1S/C22H34F3N5O/c1-17-4-6-19(7-5-17)20(29-12-14-31-15-13-29)16-27-21(26-3)30-10-8-28(9-11-30)18(2)22(23,24)25/h4-7,18,20H,8-16H2,1-3H3,(H,26,27). The first kappa shape index (κ1) is 23.8. The number of halogens is 3. The SMILES string of the molecule is CN=C(NCC(c1ccc(C)cc1)N1CCOCC1)N1CCN(C(C)C(F)(F)F)CC1. The fourth-order valence-corrected chi connectivity index (χ4v) is 4.18. The maximum atomic E-state index is 13.0. The van der Waals surface area contributed by atoms with E-state index in [0.29, 0.717) is 32.7 Å². The van der Waals surface area contributed by atoms with Crippen molar-refractivity contribution in [2.24, 2.45) is 4.99 Å². The van der Waals surface area contributed by atoms with E-state index in [1.807, 2.05) is 4.90 Å². The third-order valence-corrected chi connectivity index (χ3v) is 6.25. The number of morpholine rings is 1. The molecule has 2 heterocycles. The summed E-state index contributed by atoms with van der Waals surface area (Å²) >= 11 is 0. The summed E-state index contributed by atoms with van der Waals surface area (Å²) in [6.07, 6.45) is -4.19. The van der Waals surface area contributed by atoms with E-state index in [0.717, 1.165) is 32.3 Å². The van der Waals surface area contributed by atoms with Gasteiger partial charge in [-0.3, -0.25) is 14.8 Å². The highest BCUT2D eigenvalue weighted by atomic mass is 19.4. The first-order chi connectivity index (χ1) is 14.8. The minimum Gasteiger partial charge on any atom is -0.379 e. The highest BCUT2D eigenvalue weighted by molar-refractivity contribution is 5.80. The van der Waals surface area contributed by atoms with Gasteiger partial charge in [0.15, 0.2) is 5.96 Å². The van der Waals surface area contributed by atoms with Crippen LogP contribution in [0.5, 0.6) is 0 Å². The number of alkyl halides is 3. The Morgan fingerprint density at radius 1 is 1.03 bits per heavy atom. The molecule has 2 saturated heterocycles. The van der Waals surface area contributed by atoms with Crippen LogP contribution in [0.1, 0.15) is 24.1 Å². The Bertz CT molecular complexity index is 711. The molecule has 174 valence electrons. The minimum atomic E-state index is -4.19. The summed E-state index contributed by atoms with van der Waals surface area (Å²) in [5.41, 5.74) is 2.46. The molecular weight excluding hydrogens is 407 g/mol. The van der Waals surface area contributed by atoms with Gasteiger partial charge in [0.2, 0.25) is 0 Å². The fraction of sp³-hybridized carbons (Fsp3) is 0.682. The molecule has 2 aliphatic heterocycles. The number of hydrogen-bond acceptors (Lipinski definition) is 4. The number of piperazine rings is 1. The molecule has 2 aliphatic rings. The molecule has 3 rings (SSSR count). The van der Waals surface area contributed by atoms with E-state index in [4.69, 9.17) is 4.74 Å². The van der Waals surface area contributed by atoms with Gasteiger partial charge in [0.1, 0.15) is 6.04 Å². The summed E-state index contributed by atoms with van der Waals surface area (Å²) in [4.78, 5) is 10.4. The monoisotopic (exact) mass is 441 g/mol. The third kappa shape index (κ3) is 6.33. The number of guanidine groups is 1. The van der Waals surface area contributed by atoms with Gasteiger partial charge in [-0.15, -0.1) is 0 Å². The van der Waals surface area contributed by atoms with Gasteiger partial charge in [-0.05, 0) is 19.4 Å². The van der Waals surface area contributed by atoms with Crippen LogP contribution in [0.25, 0.3) is 0 Å². The van der Waals surface area contributed by atoms with E-state index in [1.54, 1.807) is 7.05 Å². The predicted molar refractivity (Wildman–Crippen MR) is 116 cm³/mol. The summed E-state index contributed by atoms with van der Waals surface area (Å²) < 4.78 is 44.6. The maximum Gasteiger partial charge on any atom is 0.403 e. The van der Waals surface area contributed by atoms with E-state index in [1.165, 1.54) is 23.0 Å². The Labute approximate surface area is 183 Å². The Morgan fingerprint density at radius 3 is 2.19 bits per heavy atom. The Balaban J connectivity index is 1.61. The first-order valence-electron chi connectivity index (χ1n) is 10.9. The van der Waals surface area contributed by atoms with Crippen LogP contribution in [0.15, 0.2) is 29.3 Å². The summed E-state index contributed by atoms with van der Waals surface area (Å²) in [5, 5.41) is 3.48. The second kappa shape index (κ2) is 10.7. The number of hydrogen-bond donors (Lipinski definition) is 1. The van der Waals surface area contributed by atoms with Crippen LogP contribution in [0.4, 0.5) is 13.2 Å². The maximum absolute atomic E-state index is 13.0. The molecule has 0 amide bonds. The molecule has 1 N–H and O–H groups in total. The largest absolute Gasteiger partial charge is 0.403 e. The lowest BCUT2D eigenvalue weighted by molar-refractivity contribution is -0.181. The van der Waals surface area contributed by atoms with Crippen LogP contribution in [0, 0.1) is 6.92 Å². The average Bonchev–Trinajstić information content (AvgIpc) is 2.77. The molecule has 0 aromatic heterocycles. The number of nitrogens with zero attached hydrogens (tertiary/aromatic N) is 4. The number of aliphatic imine (C=N–C) groups is 1. The third-order valence-electron chi connectivity index (χ3n) is 6.25. The fourth-order valence-electron chi connectivity index (χ4n) is 4.18. The highest BCUT2D eigenvalue weighted by Crippen LogP contribution is 2.25. The molecule has 0 spiro atoms. The molecule has 0 saturated carbocycles. The van der Waals surface area contributed by atoms with Crippen LogP contribution in [-0.2, 0) is 4.74 Å². The Morgan fingerprint density at radius 2 is 1.65 bits per heavy atom. The van der Waals surface area contributed by atoms with Gasteiger partial charge >= 0.3 is 6.18 Å². The van der Waals surface area contributed by atoms with Crippen molar-refractivity contribution in [3.8, 4) is 0 Å². The molecule has 2 unspecified atom stereocenters. The van der Waals surface area contributed by atoms with Crippen LogP contribution in [0.3, 0.4) is 0 Å². The zero-order valence-electron chi connectivity index (χ0n) is 18.7. The van der Waals surface area contributed by atoms with Crippen LogP contribution in [-0.4, -0.2) is 99.0 Å². The van der Waals surface area contributed by atoms with Gasteiger partial charge in [-0.1, -0.05) is 29.8 Å². The molecule has 1 aromatic carbocycles. The van der Waals surface area contributed by atoms with Crippen LogP contribution >= 0.6 is 0 Å². The minimum absolute atomic E-state index is 0.174. The first-order valence-corrected chi connectivity index (χ1v) is 10.9. The van der Waals surface area contributed by atoms with Gasteiger partial charge in [-0.2, -0.15) is 13.2 Å². The summed E-state index contributed by atoms with van der Waals surface area (Å²) in [7, 11) is 1.72. The van der Waals surface area contributed by atoms with Gasteiger partial charge in [-0.25, -0.2) is 0 Å². The van der Waals surface area contributed by atoms with Crippen molar-refractivity contribution < 1.29 is 17.9 Å². The van der Waals surface area contributed by atoms with E-state index in [9.17, 15) is 13.2 Å². The smallest absolute Gasteiger partial charge is 0.379 e. The molecular formula is C22H34F3N5O. The number of rotatable bonds is 5.